The molecule has 5 aromatic rings. The Morgan fingerprint density at radius 2 is 1.84 bits per heavy atom. The highest BCUT2D eigenvalue weighted by atomic mass is 16.5. The van der Waals surface area contributed by atoms with Gasteiger partial charge in [-0.25, -0.2) is 4.98 Å². The summed E-state index contributed by atoms with van der Waals surface area (Å²) in [6.07, 6.45) is 4.84. The van der Waals surface area contributed by atoms with Crippen LogP contribution in [-0.2, 0) is 24.2 Å². The average Bonchev–Trinajstić information content (AvgIpc) is 3.55. The quantitative estimate of drug-likeness (QED) is 0.377. The number of nitrogens with zero attached hydrogens (tertiary/aromatic N) is 4. The summed E-state index contributed by atoms with van der Waals surface area (Å²) in [7, 11) is 0. The molecule has 8 nitrogen and oxygen atoms in total. The van der Waals surface area contributed by atoms with Gasteiger partial charge in [-0.3, -0.25) is 9.59 Å². The summed E-state index contributed by atoms with van der Waals surface area (Å²) in [4.78, 5) is 35.6. The minimum atomic E-state index is -0.280. The molecular formula is C29H25N5O3. The van der Waals surface area contributed by atoms with E-state index in [1.165, 1.54) is 11.1 Å². The van der Waals surface area contributed by atoms with E-state index in [4.69, 9.17) is 4.52 Å². The van der Waals surface area contributed by atoms with Crippen LogP contribution in [0.25, 0.3) is 33.9 Å². The van der Waals surface area contributed by atoms with Crippen molar-refractivity contribution in [1.29, 1.82) is 0 Å². The summed E-state index contributed by atoms with van der Waals surface area (Å²) in [6.45, 7) is 3.78. The van der Waals surface area contributed by atoms with Crippen molar-refractivity contribution in [1.82, 2.24) is 19.7 Å². The molecule has 1 N–H and O–H groups in total. The molecule has 0 saturated heterocycles. The molecule has 0 unspecified atom stereocenters. The van der Waals surface area contributed by atoms with Gasteiger partial charge in [-0.2, -0.15) is 4.98 Å². The van der Waals surface area contributed by atoms with Gasteiger partial charge in [0.1, 0.15) is 17.8 Å². The van der Waals surface area contributed by atoms with Crippen molar-refractivity contribution >= 4 is 22.6 Å². The Morgan fingerprint density at radius 1 is 1.00 bits per heavy atom. The number of fused-ring (bicyclic) bond motifs is 2. The normalized spacial score (nSPS) is 12.6. The second kappa shape index (κ2) is 9.13. The first-order valence-electron chi connectivity index (χ1n) is 12.3. The fourth-order valence-electron chi connectivity index (χ4n) is 4.90. The molecule has 0 aliphatic heterocycles. The summed E-state index contributed by atoms with van der Waals surface area (Å²) >= 11 is 0. The number of benzene rings is 2. The predicted octanol–water partition coefficient (Wildman–Crippen LogP) is 4.86. The van der Waals surface area contributed by atoms with Gasteiger partial charge >= 0.3 is 0 Å². The molecule has 0 bridgehead atoms. The molecule has 0 fully saturated rings. The van der Waals surface area contributed by atoms with Gasteiger partial charge in [-0.1, -0.05) is 35.5 Å². The van der Waals surface area contributed by atoms with Crippen LogP contribution in [0.2, 0.25) is 0 Å². The van der Waals surface area contributed by atoms with Crippen LogP contribution in [0.4, 0.5) is 5.69 Å². The Labute approximate surface area is 213 Å². The summed E-state index contributed by atoms with van der Waals surface area (Å²) in [6, 6.07) is 17.2. The summed E-state index contributed by atoms with van der Waals surface area (Å²) in [5, 5.41) is 7.47. The Hall–Kier alpha value is -4.59. The zero-order valence-electron chi connectivity index (χ0n) is 20.6. The summed E-state index contributed by atoms with van der Waals surface area (Å²) < 4.78 is 7.18. The monoisotopic (exact) mass is 491 g/mol. The molecular weight excluding hydrogens is 466 g/mol. The third kappa shape index (κ3) is 4.31. The Kier molecular flexibility index (Phi) is 5.64. The molecule has 184 valence electrons. The number of carbonyl (C=O) groups excluding carboxylic acids is 1. The second-order valence-corrected chi connectivity index (χ2v) is 9.45. The molecule has 0 spiro atoms. The van der Waals surface area contributed by atoms with Crippen LogP contribution in [0.3, 0.4) is 0 Å². The van der Waals surface area contributed by atoms with Crippen molar-refractivity contribution in [2.24, 2.45) is 0 Å². The fourth-order valence-corrected chi connectivity index (χ4v) is 4.90. The molecule has 6 rings (SSSR count). The number of hydrogen-bond acceptors (Lipinski definition) is 6. The molecule has 0 atom stereocenters. The predicted molar refractivity (Wildman–Crippen MR) is 141 cm³/mol. The highest BCUT2D eigenvalue weighted by Gasteiger charge is 2.20. The Morgan fingerprint density at radius 3 is 2.70 bits per heavy atom. The topological polar surface area (TPSA) is 103 Å². The molecule has 8 heteroatoms. The first kappa shape index (κ1) is 22.8. The van der Waals surface area contributed by atoms with Crippen LogP contribution in [0.15, 0.2) is 70.1 Å². The third-order valence-electron chi connectivity index (χ3n) is 6.80. The van der Waals surface area contributed by atoms with Gasteiger partial charge in [-0.15, -0.1) is 0 Å². The zero-order chi connectivity index (χ0) is 25.5. The maximum Gasteiger partial charge on any atom is 0.263 e. The average molecular weight is 492 g/mol. The SMILES string of the molecule is Cc1ccc2c(=O)c(-c3nc(-c4ccccc4C)no3)cn(CC(=O)Nc3ccc4c(c3)CCC4)c2n1. The number of nitrogens with one attached hydrogen (secondary N) is 1. The number of hydrogen-bond donors (Lipinski definition) is 1. The molecule has 3 aromatic heterocycles. The molecule has 0 radical (unpaired) electrons. The summed E-state index contributed by atoms with van der Waals surface area (Å²) in [5.74, 6) is 0.275. The molecule has 2 aromatic carbocycles. The number of carbonyl (C=O) groups is 1. The lowest BCUT2D eigenvalue weighted by atomic mass is 10.1. The largest absolute Gasteiger partial charge is 0.333 e. The van der Waals surface area contributed by atoms with Gasteiger partial charge < -0.3 is 14.4 Å². The van der Waals surface area contributed by atoms with Crippen LogP contribution in [-0.4, -0.2) is 25.6 Å². The lowest BCUT2D eigenvalue weighted by Crippen LogP contribution is -2.22. The van der Waals surface area contributed by atoms with Crippen LogP contribution < -0.4 is 10.7 Å². The molecule has 1 amide bonds. The second-order valence-electron chi connectivity index (χ2n) is 9.45. The van der Waals surface area contributed by atoms with Gasteiger partial charge in [-0.05, 0) is 74.1 Å². The van der Waals surface area contributed by atoms with Gasteiger partial charge in [0.05, 0.1) is 5.39 Å². The third-order valence-corrected chi connectivity index (χ3v) is 6.80. The van der Waals surface area contributed by atoms with Gasteiger partial charge in [0.2, 0.25) is 17.2 Å². The number of amides is 1. The number of rotatable bonds is 5. The van der Waals surface area contributed by atoms with Crippen molar-refractivity contribution in [2.45, 2.75) is 39.7 Å². The maximum absolute atomic E-state index is 13.4. The van der Waals surface area contributed by atoms with E-state index in [0.717, 1.165) is 41.8 Å². The fraction of sp³-hybridized carbons (Fsp3) is 0.207. The van der Waals surface area contributed by atoms with E-state index in [-0.39, 0.29) is 29.3 Å². The van der Waals surface area contributed by atoms with E-state index in [0.29, 0.717) is 16.9 Å². The van der Waals surface area contributed by atoms with Crippen LogP contribution in [0.5, 0.6) is 0 Å². The lowest BCUT2D eigenvalue weighted by molar-refractivity contribution is -0.116. The van der Waals surface area contributed by atoms with E-state index in [9.17, 15) is 9.59 Å². The molecule has 37 heavy (non-hydrogen) atoms. The number of aromatic nitrogens is 4. The van der Waals surface area contributed by atoms with Crippen LogP contribution in [0, 0.1) is 13.8 Å². The Balaban J connectivity index is 1.37. The first-order chi connectivity index (χ1) is 18.0. The molecule has 3 heterocycles. The minimum absolute atomic E-state index is 0.0316. The molecule has 1 aliphatic rings. The lowest BCUT2D eigenvalue weighted by Gasteiger charge is -2.13. The zero-order valence-corrected chi connectivity index (χ0v) is 20.6. The van der Waals surface area contributed by atoms with Crippen LogP contribution >= 0.6 is 0 Å². The number of pyridine rings is 2. The highest BCUT2D eigenvalue weighted by molar-refractivity contribution is 5.92. The van der Waals surface area contributed by atoms with Gasteiger partial charge in [0.25, 0.3) is 5.89 Å². The smallest absolute Gasteiger partial charge is 0.263 e. The van der Waals surface area contributed by atoms with Crippen molar-refractivity contribution in [3.05, 3.63) is 93.4 Å². The van der Waals surface area contributed by atoms with Gasteiger partial charge in [0.15, 0.2) is 0 Å². The minimum Gasteiger partial charge on any atom is -0.333 e. The highest BCUT2D eigenvalue weighted by Crippen LogP contribution is 2.26. The van der Waals surface area contributed by atoms with E-state index >= 15 is 0 Å². The number of aryl methyl sites for hydroxylation is 4. The first-order valence-corrected chi connectivity index (χ1v) is 12.3. The molecule has 1 aliphatic carbocycles. The van der Waals surface area contributed by atoms with E-state index in [1.54, 1.807) is 22.9 Å². The van der Waals surface area contributed by atoms with E-state index < -0.39 is 0 Å². The van der Waals surface area contributed by atoms with E-state index in [1.807, 2.05) is 50.2 Å². The molecule has 0 saturated carbocycles. The van der Waals surface area contributed by atoms with Crippen molar-refractivity contribution < 1.29 is 9.32 Å². The Bertz CT molecular complexity index is 1730. The maximum atomic E-state index is 13.4. The summed E-state index contributed by atoms with van der Waals surface area (Å²) in [5.41, 5.74) is 6.32. The van der Waals surface area contributed by atoms with Gasteiger partial charge in [0, 0.05) is 23.1 Å². The van der Waals surface area contributed by atoms with Crippen molar-refractivity contribution in [2.75, 3.05) is 5.32 Å². The van der Waals surface area contributed by atoms with Crippen molar-refractivity contribution in [3.8, 4) is 22.8 Å². The van der Waals surface area contributed by atoms with Crippen LogP contribution in [0.1, 0.15) is 28.8 Å². The van der Waals surface area contributed by atoms with E-state index in [2.05, 4.69) is 26.5 Å². The standard InChI is InChI=1S/C29H25N5O3/c1-17-6-3-4-9-22(17)27-32-29(37-33-27)24-15-34(28-23(26(24)36)13-10-18(2)30-28)16-25(35)31-21-12-11-19-7-5-8-20(19)14-21/h3-4,6,9-15H,5,7-8,16H2,1-2H3,(H,31,35). The number of anilines is 1. The van der Waals surface area contributed by atoms with Crippen molar-refractivity contribution in [3.63, 3.8) is 0 Å².